The summed E-state index contributed by atoms with van der Waals surface area (Å²) in [4.78, 5) is 40.4. The second kappa shape index (κ2) is 9.06. The standard InChI is InChI=1S/C23H21BrN2O3/c1-3-12-25(15-17-8-6-16(2)7-9-17)21(27)5-4-13-26-22(28)19-11-10-18(24)14-20(19)23(26)29/h1,6-11,14H,4-5,12-13,15H2,2H3. The van der Waals surface area contributed by atoms with Crippen LogP contribution in [-0.2, 0) is 11.3 Å². The third-order valence-corrected chi connectivity index (χ3v) is 5.33. The fourth-order valence-corrected chi connectivity index (χ4v) is 3.63. The number of fused-ring (bicyclic) bond motifs is 1. The maximum Gasteiger partial charge on any atom is 0.261 e. The van der Waals surface area contributed by atoms with Crippen LogP contribution in [0.25, 0.3) is 0 Å². The van der Waals surface area contributed by atoms with Gasteiger partial charge in [-0.3, -0.25) is 19.3 Å². The van der Waals surface area contributed by atoms with Crippen molar-refractivity contribution < 1.29 is 14.4 Å². The van der Waals surface area contributed by atoms with Crippen molar-refractivity contribution in [2.75, 3.05) is 13.1 Å². The summed E-state index contributed by atoms with van der Waals surface area (Å²) in [5.74, 6) is 1.80. The Labute approximate surface area is 178 Å². The van der Waals surface area contributed by atoms with E-state index in [4.69, 9.17) is 6.42 Å². The number of benzene rings is 2. The van der Waals surface area contributed by atoms with Crippen molar-refractivity contribution in [1.29, 1.82) is 0 Å². The molecule has 29 heavy (non-hydrogen) atoms. The summed E-state index contributed by atoms with van der Waals surface area (Å²) in [6, 6.07) is 13.0. The van der Waals surface area contributed by atoms with Crippen LogP contribution in [0.4, 0.5) is 0 Å². The minimum Gasteiger partial charge on any atom is -0.327 e. The number of carbonyl (C=O) groups is 3. The Balaban J connectivity index is 1.58. The molecule has 0 bridgehead atoms. The Bertz CT molecular complexity index is 992. The Morgan fingerprint density at radius 2 is 1.79 bits per heavy atom. The minimum absolute atomic E-state index is 0.0946. The van der Waals surface area contributed by atoms with Crippen molar-refractivity contribution in [3.05, 3.63) is 69.2 Å². The number of rotatable bonds is 7. The first-order valence-electron chi connectivity index (χ1n) is 9.33. The third-order valence-electron chi connectivity index (χ3n) is 4.83. The fourth-order valence-electron chi connectivity index (χ4n) is 3.27. The van der Waals surface area contributed by atoms with Gasteiger partial charge in [-0.15, -0.1) is 6.42 Å². The van der Waals surface area contributed by atoms with E-state index in [0.29, 0.717) is 24.1 Å². The van der Waals surface area contributed by atoms with Gasteiger partial charge in [-0.1, -0.05) is 51.7 Å². The van der Waals surface area contributed by atoms with Crippen LogP contribution in [0.2, 0.25) is 0 Å². The molecule has 2 aromatic carbocycles. The SMILES string of the molecule is C#CCN(Cc1ccc(C)cc1)C(=O)CCCN1C(=O)c2ccc(Br)cc2C1=O. The largest absolute Gasteiger partial charge is 0.327 e. The molecule has 0 aliphatic carbocycles. The van der Waals surface area contributed by atoms with Crippen LogP contribution < -0.4 is 0 Å². The fraction of sp³-hybridized carbons (Fsp3) is 0.261. The molecule has 0 spiro atoms. The van der Waals surface area contributed by atoms with Crippen LogP contribution in [0, 0.1) is 19.3 Å². The summed E-state index contributed by atoms with van der Waals surface area (Å²) in [5, 5.41) is 0. The Hall–Kier alpha value is -2.91. The molecule has 0 saturated heterocycles. The zero-order chi connectivity index (χ0) is 21.0. The molecule has 3 rings (SSSR count). The third kappa shape index (κ3) is 4.75. The first-order chi connectivity index (χ1) is 13.9. The van der Waals surface area contributed by atoms with Crippen molar-refractivity contribution in [2.45, 2.75) is 26.3 Å². The molecule has 1 aliphatic rings. The predicted molar refractivity (Wildman–Crippen MR) is 114 cm³/mol. The second-order valence-corrected chi connectivity index (χ2v) is 7.91. The van der Waals surface area contributed by atoms with Crippen LogP contribution in [0.15, 0.2) is 46.9 Å². The lowest BCUT2D eigenvalue weighted by Gasteiger charge is -2.21. The Kier molecular flexibility index (Phi) is 6.50. The van der Waals surface area contributed by atoms with E-state index in [2.05, 4.69) is 21.9 Å². The van der Waals surface area contributed by atoms with E-state index >= 15 is 0 Å². The van der Waals surface area contributed by atoms with E-state index in [1.165, 1.54) is 4.90 Å². The monoisotopic (exact) mass is 452 g/mol. The van der Waals surface area contributed by atoms with Crippen molar-refractivity contribution in [2.24, 2.45) is 0 Å². The van der Waals surface area contributed by atoms with Gasteiger partial charge >= 0.3 is 0 Å². The number of aryl methyl sites for hydroxylation is 1. The first kappa shape index (κ1) is 20.8. The molecule has 0 saturated carbocycles. The van der Waals surface area contributed by atoms with E-state index in [1.807, 2.05) is 31.2 Å². The number of amides is 3. The molecule has 0 unspecified atom stereocenters. The highest BCUT2D eigenvalue weighted by atomic mass is 79.9. The lowest BCUT2D eigenvalue weighted by atomic mass is 10.1. The molecule has 0 N–H and O–H groups in total. The molecular weight excluding hydrogens is 432 g/mol. The number of halogens is 1. The quantitative estimate of drug-likeness (QED) is 0.474. The normalized spacial score (nSPS) is 12.7. The zero-order valence-corrected chi connectivity index (χ0v) is 17.7. The Morgan fingerprint density at radius 1 is 1.10 bits per heavy atom. The predicted octanol–water partition coefficient (Wildman–Crippen LogP) is 3.80. The minimum atomic E-state index is -0.320. The molecule has 2 aromatic rings. The maximum absolute atomic E-state index is 12.6. The van der Waals surface area contributed by atoms with Crippen molar-refractivity contribution >= 4 is 33.7 Å². The van der Waals surface area contributed by atoms with Gasteiger partial charge in [-0.2, -0.15) is 0 Å². The van der Waals surface area contributed by atoms with Gasteiger partial charge in [-0.05, 0) is 37.1 Å². The van der Waals surface area contributed by atoms with Gasteiger partial charge in [0.15, 0.2) is 0 Å². The molecule has 6 heteroatoms. The van der Waals surface area contributed by atoms with Crippen molar-refractivity contribution in [3.8, 4) is 12.3 Å². The topological polar surface area (TPSA) is 57.7 Å². The van der Waals surface area contributed by atoms with E-state index in [1.54, 1.807) is 23.1 Å². The van der Waals surface area contributed by atoms with Gasteiger partial charge in [-0.25, -0.2) is 0 Å². The van der Waals surface area contributed by atoms with Crippen LogP contribution in [0.1, 0.15) is 44.7 Å². The average Bonchev–Trinajstić information content (AvgIpc) is 2.93. The van der Waals surface area contributed by atoms with Crippen LogP contribution in [0.3, 0.4) is 0 Å². The lowest BCUT2D eigenvalue weighted by Crippen LogP contribution is -2.33. The maximum atomic E-state index is 12.6. The number of nitrogens with zero attached hydrogens (tertiary/aromatic N) is 2. The second-order valence-electron chi connectivity index (χ2n) is 6.99. The number of terminal acetylenes is 1. The number of imide groups is 1. The first-order valence-corrected chi connectivity index (χ1v) is 10.1. The van der Waals surface area contributed by atoms with Gasteiger partial charge in [0.25, 0.3) is 11.8 Å². The van der Waals surface area contributed by atoms with E-state index < -0.39 is 0 Å². The van der Waals surface area contributed by atoms with Gasteiger partial charge < -0.3 is 4.90 Å². The molecular formula is C23H21BrN2O3. The van der Waals surface area contributed by atoms with Gasteiger partial charge in [0.2, 0.25) is 5.91 Å². The summed E-state index contributed by atoms with van der Waals surface area (Å²) in [7, 11) is 0. The molecule has 0 radical (unpaired) electrons. The van der Waals surface area contributed by atoms with E-state index in [0.717, 1.165) is 15.6 Å². The Morgan fingerprint density at radius 3 is 2.48 bits per heavy atom. The summed E-state index contributed by atoms with van der Waals surface area (Å²) in [6.45, 7) is 2.86. The zero-order valence-electron chi connectivity index (χ0n) is 16.2. The molecule has 1 aliphatic heterocycles. The molecule has 0 atom stereocenters. The highest BCUT2D eigenvalue weighted by Crippen LogP contribution is 2.26. The summed E-state index contributed by atoms with van der Waals surface area (Å²) >= 11 is 3.32. The van der Waals surface area contributed by atoms with Crippen LogP contribution in [-0.4, -0.2) is 40.6 Å². The van der Waals surface area contributed by atoms with Gasteiger partial charge in [0, 0.05) is 24.0 Å². The van der Waals surface area contributed by atoms with Crippen LogP contribution >= 0.6 is 15.9 Å². The highest BCUT2D eigenvalue weighted by molar-refractivity contribution is 9.10. The summed E-state index contributed by atoms with van der Waals surface area (Å²) < 4.78 is 0.746. The summed E-state index contributed by atoms with van der Waals surface area (Å²) in [5.41, 5.74) is 2.95. The van der Waals surface area contributed by atoms with Gasteiger partial charge in [0.05, 0.1) is 17.7 Å². The molecule has 148 valence electrons. The van der Waals surface area contributed by atoms with Crippen molar-refractivity contribution in [1.82, 2.24) is 9.80 Å². The number of hydrogen-bond acceptors (Lipinski definition) is 3. The van der Waals surface area contributed by atoms with E-state index in [9.17, 15) is 14.4 Å². The van der Waals surface area contributed by atoms with E-state index in [-0.39, 0.29) is 37.2 Å². The highest BCUT2D eigenvalue weighted by Gasteiger charge is 2.35. The number of carbonyl (C=O) groups excluding carboxylic acids is 3. The average molecular weight is 453 g/mol. The van der Waals surface area contributed by atoms with Crippen LogP contribution in [0.5, 0.6) is 0 Å². The number of hydrogen-bond donors (Lipinski definition) is 0. The molecule has 0 aromatic heterocycles. The summed E-state index contributed by atoms with van der Waals surface area (Å²) in [6.07, 6.45) is 6.03. The molecule has 0 fully saturated rings. The molecule has 3 amide bonds. The van der Waals surface area contributed by atoms with Crippen molar-refractivity contribution in [3.63, 3.8) is 0 Å². The molecule has 1 heterocycles. The van der Waals surface area contributed by atoms with Gasteiger partial charge in [0.1, 0.15) is 0 Å². The smallest absolute Gasteiger partial charge is 0.261 e. The molecule has 5 nitrogen and oxygen atoms in total. The lowest BCUT2D eigenvalue weighted by molar-refractivity contribution is -0.131.